The highest BCUT2D eigenvalue weighted by Crippen LogP contribution is 2.26. The molecule has 2 heterocycles. The second kappa shape index (κ2) is 8.38. The molecule has 0 radical (unpaired) electrons. The molecule has 1 aliphatic carbocycles. The van der Waals surface area contributed by atoms with E-state index in [1.165, 1.54) is 19.3 Å². The van der Waals surface area contributed by atoms with Crippen LogP contribution in [0.1, 0.15) is 48.0 Å². The number of carbonyl (C=O) groups excluding carboxylic acids is 1. The van der Waals surface area contributed by atoms with Gasteiger partial charge in [-0.05, 0) is 42.7 Å². The van der Waals surface area contributed by atoms with E-state index >= 15 is 0 Å². The van der Waals surface area contributed by atoms with E-state index in [1.807, 2.05) is 54.2 Å². The van der Waals surface area contributed by atoms with Gasteiger partial charge in [-0.2, -0.15) is 0 Å². The molecule has 28 heavy (non-hydrogen) atoms. The van der Waals surface area contributed by atoms with E-state index in [4.69, 9.17) is 0 Å². The maximum Gasteiger partial charge on any atom is 0.254 e. The lowest BCUT2D eigenvalue weighted by Gasteiger charge is -2.34. The molecule has 1 aromatic carbocycles. The number of amides is 1. The van der Waals surface area contributed by atoms with E-state index < -0.39 is 0 Å². The zero-order valence-corrected chi connectivity index (χ0v) is 16.3. The topological polar surface area (TPSA) is 51.0 Å². The van der Waals surface area contributed by atoms with Crippen LogP contribution in [0.15, 0.2) is 61.2 Å². The smallest absolute Gasteiger partial charge is 0.254 e. The van der Waals surface area contributed by atoms with Crippen LogP contribution in [0.3, 0.4) is 0 Å². The summed E-state index contributed by atoms with van der Waals surface area (Å²) in [5.74, 6) is 1.01. The Balaban J connectivity index is 1.58. The van der Waals surface area contributed by atoms with Crippen molar-refractivity contribution >= 4 is 5.91 Å². The molecular formula is C23H26N4O. The molecule has 144 valence electrons. The van der Waals surface area contributed by atoms with E-state index in [-0.39, 0.29) is 5.91 Å². The molecule has 5 heteroatoms. The van der Waals surface area contributed by atoms with Gasteiger partial charge in [0, 0.05) is 55.5 Å². The Morgan fingerprint density at radius 2 is 1.75 bits per heavy atom. The number of aryl methyl sites for hydroxylation is 1. The molecule has 0 spiro atoms. The minimum atomic E-state index is 0.107. The van der Waals surface area contributed by atoms with Gasteiger partial charge in [-0.1, -0.05) is 31.4 Å². The van der Waals surface area contributed by atoms with Crippen molar-refractivity contribution in [1.82, 2.24) is 19.4 Å². The monoisotopic (exact) mass is 374 g/mol. The molecule has 0 aliphatic heterocycles. The Morgan fingerprint density at radius 3 is 2.39 bits per heavy atom. The summed E-state index contributed by atoms with van der Waals surface area (Å²) in [7, 11) is 1.97. The first-order valence-corrected chi connectivity index (χ1v) is 10.00. The maximum atomic E-state index is 13.4. The number of imidazole rings is 1. The quantitative estimate of drug-likeness (QED) is 0.663. The third-order valence-corrected chi connectivity index (χ3v) is 5.59. The van der Waals surface area contributed by atoms with E-state index in [0.29, 0.717) is 12.6 Å². The van der Waals surface area contributed by atoms with Crippen LogP contribution in [-0.4, -0.2) is 31.4 Å². The minimum absolute atomic E-state index is 0.107. The van der Waals surface area contributed by atoms with Gasteiger partial charge < -0.3 is 9.47 Å². The number of nitrogens with zero attached hydrogens (tertiary/aromatic N) is 4. The van der Waals surface area contributed by atoms with Gasteiger partial charge in [0.05, 0.1) is 0 Å². The van der Waals surface area contributed by atoms with Crippen molar-refractivity contribution in [1.29, 1.82) is 0 Å². The van der Waals surface area contributed by atoms with Crippen LogP contribution in [0.2, 0.25) is 0 Å². The molecule has 1 amide bonds. The fraction of sp³-hybridized carbons (Fsp3) is 0.348. The van der Waals surface area contributed by atoms with Crippen LogP contribution in [0.5, 0.6) is 0 Å². The van der Waals surface area contributed by atoms with Crippen LogP contribution >= 0.6 is 0 Å². The summed E-state index contributed by atoms with van der Waals surface area (Å²) in [5, 5.41) is 0. The number of carbonyl (C=O) groups is 1. The van der Waals surface area contributed by atoms with Crippen molar-refractivity contribution in [2.45, 2.75) is 44.7 Å². The van der Waals surface area contributed by atoms with Crippen molar-refractivity contribution in [3.8, 4) is 11.4 Å². The molecule has 0 N–H and O–H groups in total. The van der Waals surface area contributed by atoms with Gasteiger partial charge in [-0.3, -0.25) is 9.78 Å². The number of aromatic nitrogens is 3. The average molecular weight is 374 g/mol. The highest BCUT2D eigenvalue weighted by molar-refractivity contribution is 5.94. The minimum Gasteiger partial charge on any atom is -0.334 e. The van der Waals surface area contributed by atoms with Gasteiger partial charge >= 0.3 is 0 Å². The van der Waals surface area contributed by atoms with Crippen LogP contribution in [0.25, 0.3) is 11.4 Å². The fourth-order valence-electron chi connectivity index (χ4n) is 4.02. The summed E-state index contributed by atoms with van der Waals surface area (Å²) < 4.78 is 1.98. The summed E-state index contributed by atoms with van der Waals surface area (Å²) in [5.41, 5.74) is 2.87. The molecule has 1 saturated carbocycles. The summed E-state index contributed by atoms with van der Waals surface area (Å²) in [6, 6.07) is 12.1. The lowest BCUT2D eigenvalue weighted by molar-refractivity contribution is 0.0614. The Labute approximate surface area is 166 Å². The van der Waals surface area contributed by atoms with Crippen LogP contribution in [0, 0.1) is 0 Å². The SMILES string of the molecule is Cn1ccnc1-c1ccc(C(=O)N(Cc2ccncc2)C2CCCCC2)cc1. The van der Waals surface area contributed by atoms with E-state index in [9.17, 15) is 4.79 Å². The molecule has 0 unspecified atom stereocenters. The van der Waals surface area contributed by atoms with Crippen LogP contribution in [0.4, 0.5) is 0 Å². The predicted octanol–water partition coefficient (Wildman–Crippen LogP) is 4.46. The van der Waals surface area contributed by atoms with Gasteiger partial charge in [-0.25, -0.2) is 4.98 Å². The lowest BCUT2D eigenvalue weighted by Crippen LogP contribution is -2.41. The molecular weight excluding hydrogens is 348 g/mol. The second-order valence-corrected chi connectivity index (χ2v) is 7.52. The third-order valence-electron chi connectivity index (χ3n) is 5.59. The Hall–Kier alpha value is -2.95. The molecule has 3 aromatic rings. The summed E-state index contributed by atoms with van der Waals surface area (Å²) in [4.78, 5) is 23.9. The van der Waals surface area contributed by atoms with Crippen LogP contribution in [-0.2, 0) is 13.6 Å². The molecule has 1 aliphatic rings. The molecule has 0 atom stereocenters. The van der Waals surface area contributed by atoms with Gasteiger partial charge in [0.1, 0.15) is 5.82 Å². The van der Waals surface area contributed by atoms with Gasteiger partial charge in [0.25, 0.3) is 5.91 Å². The number of benzene rings is 1. The summed E-state index contributed by atoms with van der Waals surface area (Å²) in [6.07, 6.45) is 13.1. The van der Waals surface area contributed by atoms with E-state index in [1.54, 1.807) is 18.6 Å². The highest BCUT2D eigenvalue weighted by Gasteiger charge is 2.26. The molecule has 1 fully saturated rings. The zero-order chi connectivity index (χ0) is 19.3. The molecule has 2 aromatic heterocycles. The first kappa shape index (κ1) is 18.4. The number of pyridine rings is 1. The van der Waals surface area contributed by atoms with Crippen molar-refractivity contribution in [3.05, 3.63) is 72.3 Å². The van der Waals surface area contributed by atoms with Crippen molar-refractivity contribution in [3.63, 3.8) is 0 Å². The summed E-state index contributed by atoms with van der Waals surface area (Å²) in [6.45, 7) is 0.632. The number of rotatable bonds is 5. The Bertz CT molecular complexity index is 911. The molecule has 4 rings (SSSR count). The predicted molar refractivity (Wildman–Crippen MR) is 110 cm³/mol. The molecule has 0 bridgehead atoms. The standard InChI is InChI=1S/C23H26N4O/c1-26-16-15-25-22(26)19-7-9-20(10-8-19)23(28)27(21-5-3-2-4-6-21)17-18-11-13-24-14-12-18/h7-16,21H,2-6,17H2,1H3. The number of hydrogen-bond acceptors (Lipinski definition) is 3. The fourth-order valence-corrected chi connectivity index (χ4v) is 4.02. The third kappa shape index (κ3) is 3.98. The molecule has 0 saturated heterocycles. The first-order chi connectivity index (χ1) is 13.7. The van der Waals surface area contributed by atoms with Crippen molar-refractivity contribution in [2.24, 2.45) is 7.05 Å². The first-order valence-electron chi connectivity index (χ1n) is 10.00. The van der Waals surface area contributed by atoms with Crippen molar-refractivity contribution < 1.29 is 4.79 Å². The van der Waals surface area contributed by atoms with E-state index in [2.05, 4.69) is 14.9 Å². The maximum absolute atomic E-state index is 13.4. The van der Waals surface area contributed by atoms with E-state index in [0.717, 1.165) is 35.4 Å². The largest absolute Gasteiger partial charge is 0.334 e. The normalized spacial score (nSPS) is 14.8. The highest BCUT2D eigenvalue weighted by atomic mass is 16.2. The van der Waals surface area contributed by atoms with Gasteiger partial charge in [0.15, 0.2) is 0 Å². The summed E-state index contributed by atoms with van der Waals surface area (Å²) >= 11 is 0. The van der Waals surface area contributed by atoms with Crippen LogP contribution < -0.4 is 0 Å². The average Bonchev–Trinajstić information content (AvgIpc) is 3.19. The molecule has 5 nitrogen and oxygen atoms in total. The number of hydrogen-bond donors (Lipinski definition) is 0. The zero-order valence-electron chi connectivity index (χ0n) is 16.3. The lowest BCUT2D eigenvalue weighted by atomic mass is 9.93. The van der Waals surface area contributed by atoms with Gasteiger partial charge in [0.2, 0.25) is 0 Å². The Kier molecular flexibility index (Phi) is 5.51. The van der Waals surface area contributed by atoms with Crippen molar-refractivity contribution in [2.75, 3.05) is 0 Å². The Morgan fingerprint density at radius 1 is 1.04 bits per heavy atom. The second-order valence-electron chi connectivity index (χ2n) is 7.52. The van der Waals surface area contributed by atoms with Gasteiger partial charge in [-0.15, -0.1) is 0 Å².